The summed E-state index contributed by atoms with van der Waals surface area (Å²) in [4.78, 5) is 13.6. The molecule has 0 radical (unpaired) electrons. The van der Waals surface area contributed by atoms with Crippen LogP contribution in [0.15, 0.2) is 23.1 Å². The fraction of sp³-hybridized carbons (Fsp3) is 0.533. The predicted molar refractivity (Wildman–Crippen MR) is 73.9 cm³/mol. The number of Topliss-reactive ketones (excluding diaryl/α,β-unsaturated/α-hetero) is 1. The fourth-order valence-electron chi connectivity index (χ4n) is 2.60. The largest absolute Gasteiger partial charge is 0.294 e. The van der Waals surface area contributed by atoms with Crippen LogP contribution in [-0.4, -0.2) is 12.0 Å². The molecule has 17 heavy (non-hydrogen) atoms. The van der Waals surface area contributed by atoms with E-state index in [0.29, 0.717) is 5.78 Å². The number of hydrogen-bond acceptors (Lipinski definition) is 2. The van der Waals surface area contributed by atoms with E-state index in [2.05, 4.69) is 25.1 Å². The zero-order valence-electron chi connectivity index (χ0n) is 10.7. The van der Waals surface area contributed by atoms with Gasteiger partial charge in [-0.2, -0.15) is 0 Å². The number of ketones is 1. The van der Waals surface area contributed by atoms with Crippen molar-refractivity contribution in [1.29, 1.82) is 0 Å². The number of rotatable bonds is 3. The van der Waals surface area contributed by atoms with Gasteiger partial charge in [0.2, 0.25) is 0 Å². The zero-order valence-corrected chi connectivity index (χ0v) is 11.5. The monoisotopic (exact) mass is 248 g/mol. The average Bonchev–Trinajstić information content (AvgIpc) is 2.39. The van der Waals surface area contributed by atoms with Gasteiger partial charge >= 0.3 is 0 Å². The van der Waals surface area contributed by atoms with Crippen LogP contribution in [0.1, 0.15) is 48.0 Å². The summed E-state index contributed by atoms with van der Waals surface area (Å²) in [6, 6.07) is 6.22. The van der Waals surface area contributed by atoms with Gasteiger partial charge in [-0.1, -0.05) is 30.9 Å². The number of hydrogen-bond donors (Lipinski definition) is 0. The summed E-state index contributed by atoms with van der Waals surface area (Å²) >= 11 is 1.68. The Kier molecular flexibility index (Phi) is 4.27. The van der Waals surface area contributed by atoms with E-state index in [1.807, 2.05) is 6.26 Å². The van der Waals surface area contributed by atoms with Crippen molar-refractivity contribution < 1.29 is 4.79 Å². The first kappa shape index (κ1) is 12.7. The van der Waals surface area contributed by atoms with Crippen LogP contribution in [0.25, 0.3) is 0 Å². The van der Waals surface area contributed by atoms with Gasteiger partial charge in [0.05, 0.1) is 0 Å². The molecule has 0 spiro atoms. The number of carbonyl (C=O) groups excluding carboxylic acids is 1. The Balaban J connectivity index is 2.25. The second kappa shape index (κ2) is 5.72. The van der Waals surface area contributed by atoms with Crippen molar-refractivity contribution in [2.24, 2.45) is 5.92 Å². The highest BCUT2D eigenvalue weighted by molar-refractivity contribution is 7.98. The molecule has 1 nitrogen and oxygen atoms in total. The minimum absolute atomic E-state index is 0.274. The Bertz CT molecular complexity index is 405. The Morgan fingerprint density at radius 2 is 1.94 bits per heavy atom. The van der Waals surface area contributed by atoms with E-state index in [-0.39, 0.29) is 5.92 Å². The van der Waals surface area contributed by atoms with Gasteiger partial charge in [-0.3, -0.25) is 4.79 Å². The molecule has 0 N–H and O–H groups in total. The van der Waals surface area contributed by atoms with E-state index in [1.54, 1.807) is 11.8 Å². The third-order valence-corrected chi connectivity index (χ3v) is 4.39. The second-order valence-corrected chi connectivity index (χ2v) is 5.75. The topological polar surface area (TPSA) is 17.1 Å². The van der Waals surface area contributed by atoms with Crippen molar-refractivity contribution in [2.75, 3.05) is 6.26 Å². The molecule has 2 heteroatoms. The molecule has 0 bridgehead atoms. The molecule has 1 aliphatic rings. The molecular formula is C15H20OS. The van der Waals surface area contributed by atoms with E-state index in [0.717, 1.165) is 23.3 Å². The molecule has 0 aromatic heterocycles. The number of aryl methyl sites for hydroxylation is 1. The Labute approximate surface area is 108 Å². The van der Waals surface area contributed by atoms with Crippen molar-refractivity contribution in [3.05, 3.63) is 29.3 Å². The molecule has 0 saturated heterocycles. The van der Waals surface area contributed by atoms with Crippen molar-refractivity contribution in [1.82, 2.24) is 0 Å². The van der Waals surface area contributed by atoms with E-state index in [1.165, 1.54) is 24.8 Å². The van der Waals surface area contributed by atoms with Crippen LogP contribution < -0.4 is 0 Å². The molecule has 92 valence electrons. The minimum Gasteiger partial charge on any atom is -0.294 e. The molecule has 0 aliphatic heterocycles. The average molecular weight is 248 g/mol. The van der Waals surface area contributed by atoms with Gasteiger partial charge in [0.15, 0.2) is 5.78 Å². The first-order chi connectivity index (χ1) is 8.22. The molecule has 2 rings (SSSR count). The molecule has 1 fully saturated rings. The van der Waals surface area contributed by atoms with Gasteiger partial charge in [-0.15, -0.1) is 11.8 Å². The maximum atomic E-state index is 12.5. The van der Waals surface area contributed by atoms with Crippen LogP contribution in [0.3, 0.4) is 0 Å². The lowest BCUT2D eigenvalue weighted by Crippen LogP contribution is -2.18. The van der Waals surface area contributed by atoms with Crippen LogP contribution >= 0.6 is 11.8 Å². The maximum absolute atomic E-state index is 12.5. The van der Waals surface area contributed by atoms with Gasteiger partial charge in [-0.05, 0) is 38.2 Å². The summed E-state index contributed by atoms with van der Waals surface area (Å²) in [7, 11) is 0. The normalized spacial score (nSPS) is 17.1. The summed E-state index contributed by atoms with van der Waals surface area (Å²) in [5.41, 5.74) is 2.13. The van der Waals surface area contributed by atoms with Crippen molar-refractivity contribution in [3.8, 4) is 0 Å². The highest BCUT2D eigenvalue weighted by Crippen LogP contribution is 2.30. The van der Waals surface area contributed by atoms with Crippen LogP contribution in [0.5, 0.6) is 0 Å². The lowest BCUT2D eigenvalue weighted by Gasteiger charge is -2.21. The number of carbonyl (C=O) groups is 1. The van der Waals surface area contributed by atoms with Crippen molar-refractivity contribution in [2.45, 2.75) is 43.9 Å². The molecule has 0 heterocycles. The molecule has 1 aliphatic carbocycles. The van der Waals surface area contributed by atoms with E-state index >= 15 is 0 Å². The second-order valence-electron chi connectivity index (χ2n) is 4.90. The van der Waals surface area contributed by atoms with Gasteiger partial charge in [0.1, 0.15) is 0 Å². The van der Waals surface area contributed by atoms with Crippen molar-refractivity contribution >= 4 is 17.5 Å². The van der Waals surface area contributed by atoms with Crippen LogP contribution in [0.4, 0.5) is 0 Å². The quantitative estimate of drug-likeness (QED) is 0.579. The van der Waals surface area contributed by atoms with E-state index < -0.39 is 0 Å². The summed E-state index contributed by atoms with van der Waals surface area (Å²) in [5, 5.41) is 0. The number of benzene rings is 1. The van der Waals surface area contributed by atoms with Gasteiger partial charge in [0.25, 0.3) is 0 Å². The van der Waals surface area contributed by atoms with E-state index in [4.69, 9.17) is 0 Å². The van der Waals surface area contributed by atoms with Crippen LogP contribution in [-0.2, 0) is 0 Å². The van der Waals surface area contributed by atoms with Gasteiger partial charge in [-0.25, -0.2) is 0 Å². The molecule has 0 unspecified atom stereocenters. The van der Waals surface area contributed by atoms with E-state index in [9.17, 15) is 4.79 Å². The molecule has 0 amide bonds. The molecular weight excluding hydrogens is 228 g/mol. The van der Waals surface area contributed by atoms with Crippen molar-refractivity contribution in [3.63, 3.8) is 0 Å². The highest BCUT2D eigenvalue weighted by atomic mass is 32.2. The predicted octanol–water partition coefficient (Wildman–Crippen LogP) is 4.48. The summed E-state index contributed by atoms with van der Waals surface area (Å²) in [6.07, 6.45) is 7.95. The van der Waals surface area contributed by atoms with Gasteiger partial charge < -0.3 is 0 Å². The molecule has 1 aromatic carbocycles. The van der Waals surface area contributed by atoms with Gasteiger partial charge in [0, 0.05) is 16.4 Å². The lowest BCUT2D eigenvalue weighted by molar-refractivity contribution is 0.0886. The first-order valence-corrected chi connectivity index (χ1v) is 7.63. The third-order valence-electron chi connectivity index (χ3n) is 3.60. The standard InChI is InChI=1S/C15H20OS/c1-11-8-9-14(17-2)13(10-11)15(16)12-6-4-3-5-7-12/h8-10,12H,3-7H2,1-2H3. The lowest BCUT2D eigenvalue weighted by atomic mass is 9.83. The Morgan fingerprint density at radius 3 is 2.59 bits per heavy atom. The zero-order chi connectivity index (χ0) is 12.3. The summed E-state index contributed by atoms with van der Waals surface area (Å²) in [6.45, 7) is 2.06. The Morgan fingerprint density at radius 1 is 1.24 bits per heavy atom. The highest BCUT2D eigenvalue weighted by Gasteiger charge is 2.24. The van der Waals surface area contributed by atoms with Crippen LogP contribution in [0, 0.1) is 12.8 Å². The smallest absolute Gasteiger partial charge is 0.167 e. The summed E-state index contributed by atoms with van der Waals surface area (Å²) < 4.78 is 0. The third kappa shape index (κ3) is 2.92. The molecule has 0 atom stereocenters. The summed E-state index contributed by atoms with van der Waals surface area (Å²) in [5.74, 6) is 0.647. The minimum atomic E-state index is 0.274. The Hall–Kier alpha value is -0.760. The SMILES string of the molecule is CSc1ccc(C)cc1C(=O)C1CCCCC1. The molecule has 1 aromatic rings. The number of thioether (sulfide) groups is 1. The fourth-order valence-corrected chi connectivity index (χ4v) is 3.18. The first-order valence-electron chi connectivity index (χ1n) is 6.41. The maximum Gasteiger partial charge on any atom is 0.167 e. The van der Waals surface area contributed by atoms with Crippen LogP contribution in [0.2, 0.25) is 0 Å². The molecule has 1 saturated carbocycles.